The van der Waals surface area contributed by atoms with E-state index in [0.29, 0.717) is 11.0 Å². The van der Waals surface area contributed by atoms with Gasteiger partial charge in [-0.25, -0.2) is 9.78 Å². The fourth-order valence-corrected chi connectivity index (χ4v) is 3.46. The molecule has 1 heterocycles. The smallest absolute Gasteiger partial charge is 0.413 e. The first-order chi connectivity index (χ1) is 9.72. The van der Waals surface area contributed by atoms with Crippen LogP contribution in [0.2, 0.25) is 0 Å². The highest BCUT2D eigenvalue weighted by molar-refractivity contribution is 9.11. The largest absolute Gasteiger partial charge is 0.444 e. The van der Waals surface area contributed by atoms with Gasteiger partial charge in [-0.1, -0.05) is 41.7 Å². The number of carbonyl (C=O) groups is 1. The number of aromatic nitrogens is 1. The molecular formula is C14H13BrN2O2S. The van der Waals surface area contributed by atoms with Crippen molar-refractivity contribution in [1.82, 2.24) is 4.98 Å². The summed E-state index contributed by atoms with van der Waals surface area (Å²) in [6.07, 6.45) is 1.89. The van der Waals surface area contributed by atoms with Gasteiger partial charge in [0.25, 0.3) is 0 Å². The molecule has 4 nitrogen and oxygen atoms in total. The Bertz CT molecular complexity index is 611. The molecule has 6 heteroatoms. The number of anilines is 1. The number of amides is 1. The average molecular weight is 353 g/mol. The van der Waals surface area contributed by atoms with Gasteiger partial charge in [0.05, 0.1) is 9.48 Å². The molecule has 0 saturated heterocycles. The van der Waals surface area contributed by atoms with E-state index in [1.54, 1.807) is 0 Å². The molecule has 2 aromatic rings. The quantitative estimate of drug-likeness (QED) is 0.879. The molecule has 1 aromatic heterocycles. The molecule has 0 aliphatic heterocycles. The van der Waals surface area contributed by atoms with Crippen molar-refractivity contribution in [1.29, 1.82) is 0 Å². The van der Waals surface area contributed by atoms with Crippen LogP contribution in [0.5, 0.6) is 0 Å². The van der Waals surface area contributed by atoms with Gasteiger partial charge in [0.2, 0.25) is 0 Å². The molecule has 1 aliphatic carbocycles. The zero-order valence-electron chi connectivity index (χ0n) is 10.6. The van der Waals surface area contributed by atoms with Gasteiger partial charge in [0, 0.05) is 5.92 Å². The monoisotopic (exact) mass is 352 g/mol. The number of halogens is 1. The van der Waals surface area contributed by atoms with Crippen LogP contribution in [0.1, 0.15) is 30.0 Å². The van der Waals surface area contributed by atoms with Gasteiger partial charge in [-0.3, -0.25) is 5.32 Å². The number of rotatable bonds is 4. The molecule has 0 bridgehead atoms. The molecule has 1 N–H and O–H groups in total. The lowest BCUT2D eigenvalue weighted by Crippen LogP contribution is -2.13. The minimum absolute atomic E-state index is 0.259. The van der Waals surface area contributed by atoms with Crippen LogP contribution in [0.4, 0.5) is 9.93 Å². The first-order valence-corrected chi connectivity index (χ1v) is 7.97. The molecule has 3 rings (SSSR count). The Morgan fingerprint density at radius 2 is 2.15 bits per heavy atom. The Balaban J connectivity index is 1.55. The molecule has 1 saturated carbocycles. The van der Waals surface area contributed by atoms with Crippen LogP contribution < -0.4 is 5.32 Å². The predicted molar refractivity (Wildman–Crippen MR) is 82.0 cm³/mol. The lowest BCUT2D eigenvalue weighted by Gasteiger charge is -2.04. The van der Waals surface area contributed by atoms with Gasteiger partial charge in [-0.15, -0.1) is 0 Å². The molecular weight excluding hydrogens is 340 g/mol. The highest BCUT2D eigenvalue weighted by atomic mass is 79.9. The number of benzene rings is 1. The van der Waals surface area contributed by atoms with Crippen LogP contribution in [-0.2, 0) is 11.3 Å². The first-order valence-electron chi connectivity index (χ1n) is 6.36. The number of hydrogen-bond acceptors (Lipinski definition) is 4. The van der Waals surface area contributed by atoms with E-state index in [1.165, 1.54) is 24.2 Å². The summed E-state index contributed by atoms with van der Waals surface area (Å²) in [6, 6.07) is 9.58. The number of ether oxygens (including phenoxy) is 1. The van der Waals surface area contributed by atoms with E-state index in [1.807, 2.05) is 30.3 Å². The Labute approximate surface area is 129 Å². The number of carbonyl (C=O) groups excluding carboxylic acids is 1. The zero-order valence-corrected chi connectivity index (χ0v) is 13.0. The van der Waals surface area contributed by atoms with Gasteiger partial charge >= 0.3 is 6.09 Å². The summed E-state index contributed by atoms with van der Waals surface area (Å²) in [5.41, 5.74) is 2.01. The first kappa shape index (κ1) is 13.6. The number of thiazole rings is 1. The van der Waals surface area contributed by atoms with Crippen LogP contribution >= 0.6 is 27.3 Å². The summed E-state index contributed by atoms with van der Waals surface area (Å²) >= 11 is 4.91. The maximum Gasteiger partial charge on any atom is 0.413 e. The highest BCUT2D eigenvalue weighted by Crippen LogP contribution is 2.45. The topological polar surface area (TPSA) is 51.2 Å². The molecule has 1 amide bonds. The maximum absolute atomic E-state index is 11.7. The molecule has 1 aromatic carbocycles. The summed E-state index contributed by atoms with van der Waals surface area (Å²) in [6.45, 7) is 0.259. The van der Waals surface area contributed by atoms with Crippen molar-refractivity contribution in [2.45, 2.75) is 25.4 Å². The van der Waals surface area contributed by atoms with Gasteiger partial charge in [0.15, 0.2) is 5.13 Å². The standard InChI is InChI=1S/C14H13BrN2O2S/c15-12-11(10-6-7-10)16-13(20-12)17-14(18)19-8-9-4-2-1-3-5-9/h1-5,10H,6-8H2,(H,16,17,18). The molecule has 20 heavy (non-hydrogen) atoms. The Kier molecular flexibility index (Phi) is 4.03. The molecule has 104 valence electrons. The van der Waals surface area contributed by atoms with Crippen molar-refractivity contribution in [3.63, 3.8) is 0 Å². The van der Waals surface area contributed by atoms with E-state index in [9.17, 15) is 4.79 Å². The summed E-state index contributed by atoms with van der Waals surface area (Å²) in [5, 5.41) is 3.25. The minimum Gasteiger partial charge on any atom is -0.444 e. The van der Waals surface area contributed by atoms with Gasteiger partial charge < -0.3 is 4.74 Å². The Hall–Kier alpha value is -1.40. The third-order valence-corrected chi connectivity index (χ3v) is 4.66. The van der Waals surface area contributed by atoms with E-state index in [0.717, 1.165) is 15.0 Å². The van der Waals surface area contributed by atoms with Gasteiger partial charge in [-0.2, -0.15) is 0 Å². The number of hydrogen-bond donors (Lipinski definition) is 1. The number of nitrogens with one attached hydrogen (secondary N) is 1. The predicted octanol–water partition coefficient (Wildman–Crippen LogP) is 4.53. The molecule has 0 radical (unpaired) electrons. The second-order valence-electron chi connectivity index (χ2n) is 4.64. The van der Waals surface area contributed by atoms with Crippen molar-refractivity contribution >= 4 is 38.5 Å². The van der Waals surface area contributed by atoms with Crippen molar-refractivity contribution in [2.24, 2.45) is 0 Å². The Morgan fingerprint density at radius 1 is 1.40 bits per heavy atom. The van der Waals surface area contributed by atoms with Crippen molar-refractivity contribution in [3.05, 3.63) is 45.4 Å². The maximum atomic E-state index is 11.7. The second kappa shape index (κ2) is 5.93. The fourth-order valence-electron chi connectivity index (χ4n) is 1.82. The summed E-state index contributed by atoms with van der Waals surface area (Å²) < 4.78 is 6.16. The molecule has 0 spiro atoms. The van der Waals surface area contributed by atoms with E-state index in [-0.39, 0.29) is 6.61 Å². The van der Waals surface area contributed by atoms with Gasteiger partial charge in [-0.05, 0) is 34.3 Å². The Morgan fingerprint density at radius 3 is 2.85 bits per heavy atom. The highest BCUT2D eigenvalue weighted by Gasteiger charge is 2.29. The zero-order chi connectivity index (χ0) is 13.9. The summed E-state index contributed by atoms with van der Waals surface area (Å²) in [4.78, 5) is 16.1. The van der Waals surface area contributed by atoms with E-state index in [2.05, 4.69) is 26.2 Å². The lowest BCUT2D eigenvalue weighted by atomic mass is 10.2. The summed E-state index contributed by atoms with van der Waals surface area (Å²) in [7, 11) is 0. The lowest BCUT2D eigenvalue weighted by molar-refractivity contribution is 0.155. The van der Waals surface area contributed by atoms with Crippen molar-refractivity contribution in [2.75, 3.05) is 5.32 Å². The van der Waals surface area contributed by atoms with Crippen LogP contribution in [0.3, 0.4) is 0 Å². The van der Waals surface area contributed by atoms with E-state index < -0.39 is 6.09 Å². The number of nitrogens with zero attached hydrogens (tertiary/aromatic N) is 1. The molecule has 1 fully saturated rings. The second-order valence-corrected chi connectivity index (χ2v) is 6.96. The van der Waals surface area contributed by atoms with Crippen LogP contribution in [-0.4, -0.2) is 11.1 Å². The van der Waals surface area contributed by atoms with Gasteiger partial charge in [0.1, 0.15) is 6.61 Å². The van der Waals surface area contributed by atoms with E-state index in [4.69, 9.17) is 4.74 Å². The van der Waals surface area contributed by atoms with E-state index >= 15 is 0 Å². The average Bonchev–Trinajstić information content (AvgIpc) is 3.22. The van der Waals surface area contributed by atoms with Crippen molar-refractivity contribution in [3.8, 4) is 0 Å². The molecule has 1 aliphatic rings. The van der Waals surface area contributed by atoms with Crippen LogP contribution in [0, 0.1) is 0 Å². The SMILES string of the molecule is O=C(Nc1nc(C2CC2)c(Br)s1)OCc1ccccc1. The summed E-state index contributed by atoms with van der Waals surface area (Å²) in [5.74, 6) is 0.552. The minimum atomic E-state index is -0.475. The third-order valence-electron chi connectivity index (χ3n) is 3.00. The van der Waals surface area contributed by atoms with Crippen LogP contribution in [0.15, 0.2) is 34.1 Å². The van der Waals surface area contributed by atoms with Crippen LogP contribution in [0.25, 0.3) is 0 Å². The third kappa shape index (κ3) is 3.37. The van der Waals surface area contributed by atoms with Crippen molar-refractivity contribution < 1.29 is 9.53 Å². The normalized spacial score (nSPS) is 14.1. The fraction of sp³-hybridized carbons (Fsp3) is 0.286. The molecule has 0 atom stereocenters. The molecule has 0 unspecified atom stereocenters.